The Bertz CT molecular complexity index is 696. The summed E-state index contributed by atoms with van der Waals surface area (Å²) in [5, 5.41) is 14.5. The number of nitro benzene ring substituents is 1. The first-order chi connectivity index (χ1) is 11.1. The Hall–Kier alpha value is -1.76. The van der Waals surface area contributed by atoms with Crippen LogP contribution in [0.15, 0.2) is 0 Å². The fourth-order valence-corrected chi connectivity index (χ4v) is 3.38. The van der Waals surface area contributed by atoms with Crippen LogP contribution in [0.25, 0.3) is 0 Å². The number of amides is 1. The van der Waals surface area contributed by atoms with Crippen molar-refractivity contribution in [1.29, 1.82) is 0 Å². The number of thiol groups is 1. The van der Waals surface area contributed by atoms with Crippen molar-refractivity contribution in [3.8, 4) is 0 Å². The summed E-state index contributed by atoms with van der Waals surface area (Å²) in [6, 6.07) is 0. The number of anilines is 2. The van der Waals surface area contributed by atoms with Crippen LogP contribution < -0.4 is 10.2 Å². The van der Waals surface area contributed by atoms with Crippen molar-refractivity contribution in [2.75, 3.05) is 29.1 Å². The minimum atomic E-state index is -0.577. The highest BCUT2D eigenvalue weighted by Crippen LogP contribution is 2.45. The summed E-state index contributed by atoms with van der Waals surface area (Å²) in [4.78, 5) is 25.9. The molecule has 1 heterocycles. The molecule has 0 aromatic heterocycles. The zero-order chi connectivity index (χ0) is 18.2. The number of nitrogens with one attached hydrogen (secondary N) is 1. The van der Waals surface area contributed by atoms with E-state index in [0.717, 1.165) is 30.8 Å². The van der Waals surface area contributed by atoms with Gasteiger partial charge in [-0.2, -0.15) is 12.6 Å². The molecule has 24 heavy (non-hydrogen) atoms. The van der Waals surface area contributed by atoms with Gasteiger partial charge in [0, 0.05) is 29.8 Å². The van der Waals surface area contributed by atoms with Crippen molar-refractivity contribution in [3.05, 3.63) is 26.8 Å². The number of nitro groups is 1. The zero-order valence-electron chi connectivity index (χ0n) is 14.9. The third kappa shape index (κ3) is 3.22. The Labute approximate surface area is 148 Å². The maximum Gasteiger partial charge on any atom is 0.277 e. The maximum atomic E-state index is 12.5. The van der Waals surface area contributed by atoms with Crippen molar-refractivity contribution >= 4 is 35.6 Å². The smallest absolute Gasteiger partial charge is 0.277 e. The van der Waals surface area contributed by atoms with Crippen LogP contribution in [0.4, 0.5) is 17.1 Å². The van der Waals surface area contributed by atoms with E-state index < -0.39 is 5.41 Å². The molecule has 0 saturated heterocycles. The van der Waals surface area contributed by atoms with Gasteiger partial charge in [-0.3, -0.25) is 14.9 Å². The van der Waals surface area contributed by atoms with Gasteiger partial charge in [0.25, 0.3) is 5.69 Å². The molecule has 1 N–H and O–H groups in total. The summed E-state index contributed by atoms with van der Waals surface area (Å²) in [5.41, 5.74) is 3.18. The van der Waals surface area contributed by atoms with Crippen LogP contribution in [-0.2, 0) is 11.2 Å². The summed E-state index contributed by atoms with van der Waals surface area (Å²) >= 11 is 4.30. The van der Waals surface area contributed by atoms with E-state index in [1.165, 1.54) is 0 Å². The van der Waals surface area contributed by atoms with Crippen molar-refractivity contribution in [1.82, 2.24) is 0 Å². The van der Waals surface area contributed by atoms with Crippen molar-refractivity contribution in [3.63, 3.8) is 0 Å². The highest BCUT2D eigenvalue weighted by molar-refractivity contribution is 7.80. The predicted molar refractivity (Wildman–Crippen MR) is 100 cm³/mol. The van der Waals surface area contributed by atoms with Gasteiger partial charge in [0.1, 0.15) is 0 Å². The number of fused-ring (bicyclic) bond motifs is 1. The van der Waals surface area contributed by atoms with Gasteiger partial charge in [0.15, 0.2) is 0 Å². The third-order valence-corrected chi connectivity index (χ3v) is 4.68. The molecule has 0 unspecified atom stereocenters. The van der Waals surface area contributed by atoms with E-state index in [2.05, 4.69) is 22.8 Å². The van der Waals surface area contributed by atoms with Gasteiger partial charge < -0.3 is 10.2 Å². The molecule has 1 amide bonds. The van der Waals surface area contributed by atoms with Crippen LogP contribution in [0.2, 0.25) is 0 Å². The minimum Gasteiger partial charge on any atom is -0.368 e. The highest BCUT2D eigenvalue weighted by atomic mass is 32.1. The summed E-state index contributed by atoms with van der Waals surface area (Å²) in [6.45, 7) is 10.5. The molecule has 132 valence electrons. The number of benzene rings is 1. The van der Waals surface area contributed by atoms with E-state index in [0.29, 0.717) is 22.6 Å². The van der Waals surface area contributed by atoms with Crippen LogP contribution >= 0.6 is 12.6 Å². The molecular weight excluding hydrogens is 326 g/mol. The van der Waals surface area contributed by atoms with Gasteiger partial charge in [-0.05, 0) is 25.8 Å². The molecule has 0 fully saturated rings. The molecule has 1 aliphatic rings. The number of nitrogens with zero attached hydrogens (tertiary/aromatic N) is 2. The van der Waals surface area contributed by atoms with Crippen LogP contribution in [0.3, 0.4) is 0 Å². The standard InChI is InChI=1S/C17H25N3O3S/c1-10-12-6-7-19(8-9-24)15(12)13(11(2)14(10)20(22)23)18-16(21)17(3,4)5/h24H,6-9H2,1-5H3,(H,18,21). The highest BCUT2D eigenvalue weighted by Gasteiger charge is 2.34. The summed E-state index contributed by atoms with van der Waals surface area (Å²) in [6.07, 6.45) is 0.744. The van der Waals surface area contributed by atoms with E-state index in [1.54, 1.807) is 13.8 Å². The second-order valence-electron chi connectivity index (χ2n) is 7.22. The lowest BCUT2D eigenvalue weighted by Gasteiger charge is -2.26. The predicted octanol–water partition coefficient (Wildman–Crippen LogP) is 3.49. The number of hydrogen-bond donors (Lipinski definition) is 2. The second kappa shape index (κ2) is 6.63. The Morgan fingerprint density at radius 2 is 1.96 bits per heavy atom. The van der Waals surface area contributed by atoms with Gasteiger partial charge in [0.2, 0.25) is 5.91 Å². The first-order valence-electron chi connectivity index (χ1n) is 8.07. The van der Waals surface area contributed by atoms with Crippen LogP contribution in [0, 0.1) is 29.4 Å². The molecule has 2 rings (SSSR count). The van der Waals surface area contributed by atoms with E-state index >= 15 is 0 Å². The lowest BCUT2D eigenvalue weighted by atomic mass is 9.93. The van der Waals surface area contributed by atoms with E-state index in [1.807, 2.05) is 20.8 Å². The molecule has 0 spiro atoms. The van der Waals surface area contributed by atoms with Crippen molar-refractivity contribution in [2.45, 2.75) is 41.0 Å². The lowest BCUT2D eigenvalue weighted by Crippen LogP contribution is -2.30. The first-order valence-corrected chi connectivity index (χ1v) is 8.70. The molecular formula is C17H25N3O3S. The normalized spacial score (nSPS) is 13.8. The average Bonchev–Trinajstić information content (AvgIpc) is 2.86. The van der Waals surface area contributed by atoms with E-state index in [-0.39, 0.29) is 16.5 Å². The number of rotatable bonds is 4. The fourth-order valence-electron chi connectivity index (χ4n) is 3.13. The summed E-state index contributed by atoms with van der Waals surface area (Å²) < 4.78 is 0. The molecule has 0 bridgehead atoms. The zero-order valence-corrected chi connectivity index (χ0v) is 15.8. The van der Waals surface area contributed by atoms with Gasteiger partial charge in [-0.25, -0.2) is 0 Å². The fraction of sp³-hybridized carbons (Fsp3) is 0.588. The molecule has 0 aliphatic carbocycles. The molecule has 1 aliphatic heterocycles. The van der Waals surface area contributed by atoms with Crippen molar-refractivity contribution in [2.24, 2.45) is 5.41 Å². The van der Waals surface area contributed by atoms with E-state index in [4.69, 9.17) is 0 Å². The van der Waals surface area contributed by atoms with Gasteiger partial charge in [-0.1, -0.05) is 20.8 Å². The largest absolute Gasteiger partial charge is 0.368 e. The molecule has 6 nitrogen and oxygen atoms in total. The lowest BCUT2D eigenvalue weighted by molar-refractivity contribution is -0.386. The maximum absolute atomic E-state index is 12.5. The number of carbonyl (C=O) groups excluding carboxylic acids is 1. The summed E-state index contributed by atoms with van der Waals surface area (Å²) in [7, 11) is 0. The third-order valence-electron chi connectivity index (χ3n) is 4.48. The molecule has 0 atom stereocenters. The quantitative estimate of drug-likeness (QED) is 0.495. The SMILES string of the molecule is Cc1c2c(c(NC(=O)C(C)(C)C)c(C)c1[N+](=O)[O-])N(CCS)CC2. The van der Waals surface area contributed by atoms with E-state index in [9.17, 15) is 14.9 Å². The van der Waals surface area contributed by atoms with Crippen LogP contribution in [-0.4, -0.2) is 29.7 Å². The molecule has 0 saturated carbocycles. The topological polar surface area (TPSA) is 75.5 Å². The monoisotopic (exact) mass is 351 g/mol. The van der Waals surface area contributed by atoms with Gasteiger partial charge in [0.05, 0.1) is 21.9 Å². The Morgan fingerprint density at radius 3 is 2.46 bits per heavy atom. The number of carbonyl (C=O) groups is 1. The second-order valence-corrected chi connectivity index (χ2v) is 7.67. The molecule has 1 aromatic rings. The Morgan fingerprint density at radius 1 is 1.33 bits per heavy atom. The van der Waals surface area contributed by atoms with Crippen molar-refractivity contribution < 1.29 is 9.72 Å². The molecule has 0 radical (unpaired) electrons. The number of hydrogen-bond acceptors (Lipinski definition) is 5. The minimum absolute atomic E-state index is 0.102. The Balaban J connectivity index is 2.67. The Kier molecular flexibility index (Phi) is 5.13. The van der Waals surface area contributed by atoms with Crippen LogP contribution in [0.1, 0.15) is 37.5 Å². The van der Waals surface area contributed by atoms with Gasteiger partial charge >= 0.3 is 0 Å². The molecule has 1 aromatic carbocycles. The first kappa shape index (κ1) is 18.6. The molecule has 7 heteroatoms. The van der Waals surface area contributed by atoms with Gasteiger partial charge in [-0.15, -0.1) is 0 Å². The average molecular weight is 351 g/mol. The van der Waals surface area contributed by atoms with Crippen LogP contribution in [0.5, 0.6) is 0 Å². The summed E-state index contributed by atoms with van der Waals surface area (Å²) in [5.74, 6) is 0.532.